The van der Waals surface area contributed by atoms with Gasteiger partial charge in [0.25, 0.3) is 0 Å². The number of nitrogens with one attached hydrogen (secondary N) is 1. The number of nitrogens with zero attached hydrogens (tertiary/aromatic N) is 10. The van der Waals surface area contributed by atoms with Crippen molar-refractivity contribution < 1.29 is 4.74 Å². The lowest BCUT2D eigenvalue weighted by atomic mass is 10.2. The van der Waals surface area contributed by atoms with Gasteiger partial charge in [0.2, 0.25) is 0 Å². The summed E-state index contributed by atoms with van der Waals surface area (Å²) in [5.41, 5.74) is 4.10. The van der Waals surface area contributed by atoms with Gasteiger partial charge in [0, 0.05) is 11.4 Å². The molecule has 0 aliphatic heterocycles. The van der Waals surface area contributed by atoms with Gasteiger partial charge in [-0.3, -0.25) is 4.57 Å². The number of rotatable bonds is 6. The molecular formula is C27H19N11O. The van der Waals surface area contributed by atoms with Gasteiger partial charge in [0.05, 0.1) is 28.9 Å². The zero-order chi connectivity index (χ0) is 27.1. The van der Waals surface area contributed by atoms with Crippen LogP contribution < -0.4 is 10.1 Å². The summed E-state index contributed by atoms with van der Waals surface area (Å²) in [5.74, 6) is 0.838. The SMILES string of the molecule is Cc1ccc(Nc2ccc3c(c2)ncn3-c2ccc(OC3C(C#N)C3C#N)c(-n3nc(C#N)cc3C)n2)nn1. The van der Waals surface area contributed by atoms with Gasteiger partial charge in [-0.2, -0.15) is 26.0 Å². The average molecular weight is 514 g/mol. The highest BCUT2D eigenvalue weighted by Crippen LogP contribution is 2.42. The fraction of sp³-hybridized carbons (Fsp3) is 0.185. The summed E-state index contributed by atoms with van der Waals surface area (Å²) in [4.78, 5) is 9.36. The van der Waals surface area contributed by atoms with Gasteiger partial charge in [-0.15, -0.1) is 5.10 Å². The molecule has 12 nitrogen and oxygen atoms in total. The second-order valence-electron chi connectivity index (χ2n) is 9.08. The number of fused-ring (bicyclic) bond motifs is 1. The Balaban J connectivity index is 1.38. The van der Waals surface area contributed by atoms with E-state index < -0.39 is 17.9 Å². The molecule has 2 atom stereocenters. The van der Waals surface area contributed by atoms with Crippen molar-refractivity contribution in [3.05, 3.63) is 71.9 Å². The van der Waals surface area contributed by atoms with Gasteiger partial charge in [-0.25, -0.2) is 14.6 Å². The summed E-state index contributed by atoms with van der Waals surface area (Å²) in [6, 6.07) is 20.9. The normalized spacial score (nSPS) is 17.7. The fourth-order valence-electron chi connectivity index (χ4n) is 4.32. The van der Waals surface area contributed by atoms with Gasteiger partial charge in [-0.05, 0) is 62.4 Å². The number of aryl methyl sites for hydroxylation is 2. The number of anilines is 2. The molecule has 0 radical (unpaired) electrons. The first-order chi connectivity index (χ1) is 19.0. The topological polar surface area (TPSA) is 167 Å². The molecule has 0 bridgehead atoms. The lowest BCUT2D eigenvalue weighted by Gasteiger charge is -2.14. The Labute approximate surface area is 222 Å². The number of pyridine rings is 1. The maximum absolute atomic E-state index is 9.36. The fourth-order valence-corrected chi connectivity index (χ4v) is 4.32. The van der Waals surface area contributed by atoms with E-state index in [4.69, 9.17) is 9.72 Å². The van der Waals surface area contributed by atoms with Crippen LogP contribution >= 0.6 is 0 Å². The van der Waals surface area contributed by atoms with Crippen LogP contribution in [0.2, 0.25) is 0 Å². The van der Waals surface area contributed by atoms with Crippen molar-refractivity contribution in [2.24, 2.45) is 11.8 Å². The number of hydrogen-bond acceptors (Lipinski definition) is 10. The van der Waals surface area contributed by atoms with E-state index in [2.05, 4.69) is 37.7 Å². The Kier molecular flexibility index (Phi) is 5.60. The summed E-state index contributed by atoms with van der Waals surface area (Å²) in [6.07, 6.45) is 1.11. The Hall–Kier alpha value is -5.80. The first kappa shape index (κ1) is 23.6. The summed E-state index contributed by atoms with van der Waals surface area (Å²) in [6.45, 7) is 3.68. The van der Waals surface area contributed by atoms with E-state index in [1.165, 1.54) is 4.68 Å². The summed E-state index contributed by atoms with van der Waals surface area (Å²) in [5, 5.41) is 43.8. The van der Waals surface area contributed by atoms with Crippen LogP contribution in [-0.2, 0) is 0 Å². The van der Waals surface area contributed by atoms with Gasteiger partial charge in [-0.1, -0.05) is 0 Å². The summed E-state index contributed by atoms with van der Waals surface area (Å²) < 4.78 is 9.41. The Morgan fingerprint density at radius 1 is 0.949 bits per heavy atom. The molecule has 1 aromatic carbocycles. The molecule has 4 heterocycles. The van der Waals surface area contributed by atoms with E-state index >= 15 is 0 Å². The number of ether oxygens (including phenoxy) is 1. The molecule has 1 saturated carbocycles. The van der Waals surface area contributed by atoms with E-state index in [1.54, 1.807) is 31.5 Å². The second kappa shape index (κ2) is 9.25. The van der Waals surface area contributed by atoms with Crippen LogP contribution in [0.1, 0.15) is 17.1 Å². The van der Waals surface area contributed by atoms with Crippen molar-refractivity contribution in [3.8, 4) is 35.6 Å². The van der Waals surface area contributed by atoms with Crippen LogP contribution in [0.5, 0.6) is 5.75 Å². The Bertz CT molecular complexity index is 1830. The summed E-state index contributed by atoms with van der Waals surface area (Å²) in [7, 11) is 0. The molecular weight excluding hydrogens is 494 g/mol. The second-order valence-corrected chi connectivity index (χ2v) is 9.08. The quantitative estimate of drug-likeness (QED) is 0.354. The monoisotopic (exact) mass is 513 g/mol. The predicted molar refractivity (Wildman–Crippen MR) is 138 cm³/mol. The lowest BCUT2D eigenvalue weighted by Crippen LogP contribution is -2.11. The zero-order valence-corrected chi connectivity index (χ0v) is 20.8. The van der Waals surface area contributed by atoms with Gasteiger partial charge in [0.15, 0.2) is 23.1 Å². The Morgan fingerprint density at radius 2 is 1.77 bits per heavy atom. The number of imidazole rings is 1. The highest BCUT2D eigenvalue weighted by molar-refractivity contribution is 5.82. The number of benzene rings is 1. The number of aromatic nitrogens is 7. The summed E-state index contributed by atoms with van der Waals surface area (Å²) >= 11 is 0. The van der Waals surface area contributed by atoms with Gasteiger partial charge < -0.3 is 10.1 Å². The Morgan fingerprint density at radius 3 is 2.46 bits per heavy atom. The largest absolute Gasteiger partial charge is 0.484 e. The van der Waals surface area contributed by atoms with Crippen LogP contribution in [0.3, 0.4) is 0 Å². The van der Waals surface area contributed by atoms with Crippen LogP contribution in [-0.4, -0.2) is 40.6 Å². The zero-order valence-electron chi connectivity index (χ0n) is 20.8. The third-order valence-electron chi connectivity index (χ3n) is 6.41. The van der Waals surface area contributed by atoms with Crippen LogP contribution in [0.15, 0.2) is 54.9 Å². The molecule has 2 unspecified atom stereocenters. The molecule has 188 valence electrons. The van der Waals surface area contributed by atoms with Crippen LogP contribution in [0.4, 0.5) is 11.5 Å². The average Bonchev–Trinajstić information content (AvgIpc) is 3.23. The van der Waals surface area contributed by atoms with Crippen molar-refractivity contribution >= 4 is 22.5 Å². The maximum Gasteiger partial charge on any atom is 0.198 e. The predicted octanol–water partition coefficient (Wildman–Crippen LogP) is 3.67. The smallest absolute Gasteiger partial charge is 0.198 e. The molecule has 12 heteroatoms. The maximum atomic E-state index is 9.36. The van der Waals surface area contributed by atoms with E-state index in [-0.39, 0.29) is 5.69 Å². The van der Waals surface area contributed by atoms with Crippen molar-refractivity contribution in [1.82, 2.24) is 34.5 Å². The third-order valence-corrected chi connectivity index (χ3v) is 6.41. The molecule has 0 spiro atoms. The molecule has 1 aliphatic rings. The standard InChI is InChI=1S/C27H19N11O/c1-15-3-7-24(35-34-15)32-17-4-5-22-21(10-17)31-14-37(22)25-8-6-23(39-26-19(12-29)20(26)13-30)27(33-25)38-16(2)9-18(11-28)36-38/h3-10,14,19-20,26H,1-2H3,(H,32,35). The first-order valence-corrected chi connectivity index (χ1v) is 12.0. The van der Waals surface area contributed by atoms with Crippen LogP contribution in [0.25, 0.3) is 22.7 Å². The minimum atomic E-state index is -0.559. The minimum absolute atomic E-state index is 0.230. The molecule has 0 amide bonds. The number of nitriles is 3. The highest BCUT2D eigenvalue weighted by Gasteiger charge is 2.54. The first-order valence-electron chi connectivity index (χ1n) is 12.0. The molecule has 1 fully saturated rings. The molecule has 4 aromatic heterocycles. The van der Waals surface area contributed by atoms with E-state index in [9.17, 15) is 15.8 Å². The van der Waals surface area contributed by atoms with E-state index in [1.807, 2.05) is 47.9 Å². The van der Waals surface area contributed by atoms with Crippen molar-refractivity contribution in [3.63, 3.8) is 0 Å². The molecule has 1 aliphatic carbocycles. The molecule has 39 heavy (non-hydrogen) atoms. The molecule has 6 rings (SSSR count). The number of hydrogen-bond donors (Lipinski definition) is 1. The van der Waals surface area contributed by atoms with Crippen LogP contribution in [0, 0.1) is 59.7 Å². The van der Waals surface area contributed by atoms with E-state index in [0.717, 1.165) is 22.4 Å². The highest BCUT2D eigenvalue weighted by atomic mass is 16.5. The third kappa shape index (κ3) is 4.24. The minimum Gasteiger partial charge on any atom is -0.484 e. The molecule has 1 N–H and O–H groups in total. The lowest BCUT2D eigenvalue weighted by molar-refractivity contribution is 0.283. The molecule has 0 saturated heterocycles. The van der Waals surface area contributed by atoms with Gasteiger partial charge >= 0.3 is 0 Å². The van der Waals surface area contributed by atoms with Crippen molar-refractivity contribution in [1.29, 1.82) is 15.8 Å². The van der Waals surface area contributed by atoms with Gasteiger partial charge in [0.1, 0.15) is 36.2 Å². The van der Waals surface area contributed by atoms with Crippen molar-refractivity contribution in [2.45, 2.75) is 20.0 Å². The van der Waals surface area contributed by atoms with E-state index in [0.29, 0.717) is 28.9 Å². The van der Waals surface area contributed by atoms with Crippen molar-refractivity contribution in [2.75, 3.05) is 5.32 Å². The molecule has 5 aromatic rings.